The minimum absolute atomic E-state index is 0.620. The van der Waals surface area contributed by atoms with E-state index < -0.39 is 0 Å². The van der Waals surface area contributed by atoms with Gasteiger partial charge >= 0.3 is 0 Å². The number of thiophene rings is 1. The maximum Gasteiger partial charge on any atom is 0.165 e. The second-order valence-corrected chi connectivity index (χ2v) is 34.5. The number of furan rings is 2. The lowest BCUT2D eigenvalue weighted by Gasteiger charge is -2.16. The third kappa shape index (κ3) is 14.1. The molecule has 10 nitrogen and oxygen atoms in total. The highest BCUT2D eigenvalue weighted by Gasteiger charge is 2.26. The Morgan fingerprint density at radius 2 is 0.564 bits per heavy atom. The summed E-state index contributed by atoms with van der Waals surface area (Å²) in [6, 6.07) is 156. The molecule has 6 aromatic heterocycles. The van der Waals surface area contributed by atoms with Gasteiger partial charge in [-0.15, -0.1) is 11.3 Å². The van der Waals surface area contributed by atoms with Crippen molar-refractivity contribution in [3.05, 3.63) is 449 Å². The molecule has 0 aliphatic rings. The van der Waals surface area contributed by atoms with E-state index in [0.717, 1.165) is 171 Å². The van der Waals surface area contributed by atoms with Crippen LogP contribution in [0.5, 0.6) is 0 Å². The fraction of sp³-hybridized carbons (Fsp3) is 0. The number of nitrogens with zero attached hydrogens (tertiary/aromatic N) is 8. The van der Waals surface area contributed by atoms with Crippen molar-refractivity contribution in [3.63, 3.8) is 0 Å². The molecule has 0 saturated carbocycles. The summed E-state index contributed by atoms with van der Waals surface area (Å²) < 4.78 is 15.4. The van der Waals surface area contributed by atoms with Crippen LogP contribution in [0.1, 0.15) is 0 Å². The van der Waals surface area contributed by atoms with Crippen LogP contribution in [-0.4, -0.2) is 39.9 Å². The molecule has 0 aliphatic carbocycles. The number of aromatic nitrogens is 8. The van der Waals surface area contributed by atoms with Gasteiger partial charge in [0.05, 0.1) is 22.4 Å². The lowest BCUT2D eigenvalue weighted by atomic mass is 9.88. The van der Waals surface area contributed by atoms with Crippen molar-refractivity contribution in [2.45, 2.75) is 0 Å². The predicted octanol–water partition coefficient (Wildman–Crippen LogP) is 32.8. The summed E-state index contributed by atoms with van der Waals surface area (Å²) in [5, 5.41) is 20.7. The van der Waals surface area contributed by atoms with Gasteiger partial charge < -0.3 is 8.83 Å². The molecule has 0 aliphatic heterocycles. The van der Waals surface area contributed by atoms with E-state index in [1.165, 1.54) is 58.4 Å². The first kappa shape index (κ1) is 77.7. The van der Waals surface area contributed by atoms with Gasteiger partial charge in [0.25, 0.3) is 0 Å². The standard InChI is InChI=1S/C43H27N3S.C40H24N2O.C39H23N3O/c1-3-13-28(14-4-1)30-18-11-20-33(25-30)42-44-41(29-15-5-2-6-16-29)45-43(46-42)34-21-12-19-32(26-34)39-35-22-8-7-17-31(35)27-38-40(39)36-23-9-10-24-37(36)47-38;1-2-12-25(13-3-1)39-40(42-34-22-8-7-21-33(34)41-39)31-20-11-17-28-29(31)18-10-19-30(28)37-27-15-5-4-14-26(27)24-36-38(37)32-16-6-9-23-35(32)43-36;1-2-12-26-22-28(21-20-24(26)10-1)37-40-38(31-18-9-14-25-11-3-5-15-29(25)31)42-39(41-37)36-30-16-6-4-13-27(30)23-34-35(36)32-17-7-8-19-33(32)43-34/h1-27H;1-24H;1-23H. The lowest BCUT2D eigenvalue weighted by Crippen LogP contribution is -2.01. The normalized spacial score (nSPS) is 11.6. The third-order valence-corrected chi connectivity index (χ3v) is 26.6. The maximum absolute atomic E-state index is 6.42. The number of hydrogen-bond acceptors (Lipinski definition) is 11. The molecule has 0 unspecified atom stereocenters. The average Bonchev–Trinajstić information content (AvgIpc) is 1.69. The topological polar surface area (TPSA) is 129 Å². The Hall–Kier alpha value is -17.6. The van der Waals surface area contributed by atoms with Gasteiger partial charge in [-0.2, -0.15) is 0 Å². The van der Waals surface area contributed by atoms with Crippen molar-refractivity contribution in [2.75, 3.05) is 0 Å². The van der Waals surface area contributed by atoms with Crippen molar-refractivity contribution < 1.29 is 8.83 Å². The van der Waals surface area contributed by atoms with E-state index in [2.05, 4.69) is 358 Å². The number of rotatable bonds is 11. The molecule has 0 bridgehead atoms. The van der Waals surface area contributed by atoms with E-state index in [1.807, 2.05) is 102 Å². The number of fused-ring (bicyclic) bond motifs is 16. The van der Waals surface area contributed by atoms with E-state index in [-0.39, 0.29) is 0 Å². The fourth-order valence-corrected chi connectivity index (χ4v) is 20.5. The molecule has 0 spiro atoms. The maximum atomic E-state index is 6.42. The van der Waals surface area contributed by atoms with E-state index in [1.54, 1.807) is 0 Å². The molecule has 6 heterocycles. The van der Waals surface area contributed by atoms with Gasteiger partial charge in [-0.25, -0.2) is 39.9 Å². The summed E-state index contributed by atoms with van der Waals surface area (Å²) in [6.45, 7) is 0. The summed E-state index contributed by atoms with van der Waals surface area (Å²) in [4.78, 5) is 41.1. The number of para-hydroxylation sites is 4. The first-order valence-corrected chi connectivity index (χ1v) is 45.4. The zero-order valence-electron chi connectivity index (χ0n) is 71.5. The predicted molar refractivity (Wildman–Crippen MR) is 551 cm³/mol. The Morgan fingerprint density at radius 1 is 0.165 bits per heavy atom. The van der Waals surface area contributed by atoms with E-state index in [0.29, 0.717) is 34.9 Å². The Labute approximate surface area is 767 Å². The second-order valence-electron chi connectivity index (χ2n) is 33.4. The summed E-state index contributed by atoms with van der Waals surface area (Å²) in [6.07, 6.45) is 0. The van der Waals surface area contributed by atoms with Crippen LogP contribution in [0.15, 0.2) is 458 Å². The summed E-state index contributed by atoms with van der Waals surface area (Å²) in [5.41, 5.74) is 21.8. The van der Waals surface area contributed by atoms with Crippen LogP contribution in [0.4, 0.5) is 0 Å². The van der Waals surface area contributed by atoms with E-state index >= 15 is 0 Å². The SMILES string of the molecule is c1ccc(-c2cccc(-c3nc(-c4ccccc4)nc(-c4cccc(-c5c6ccccc6cc6sc7ccccc7c56)c4)n3)c2)cc1.c1ccc(-c2nc3ccccc3nc2-c2cccc3c(-c4c5ccccc5cc5oc6ccccc6c45)cccc23)cc1.c1ccc2cc(-c3nc(-c4cccc5ccccc45)nc(-c4c5ccccc5cc5oc6ccccc6c45)n3)ccc2c1. The van der Waals surface area contributed by atoms with Gasteiger partial charge in [-0.05, 0) is 159 Å². The molecule has 27 aromatic rings. The molecule has 21 aromatic carbocycles. The summed E-state index contributed by atoms with van der Waals surface area (Å²) in [7, 11) is 0. The van der Waals surface area contributed by atoms with Crippen LogP contribution < -0.4 is 0 Å². The van der Waals surface area contributed by atoms with Crippen molar-refractivity contribution in [1.29, 1.82) is 0 Å². The first-order chi connectivity index (χ1) is 65.9. The Morgan fingerprint density at radius 3 is 1.22 bits per heavy atom. The van der Waals surface area contributed by atoms with Crippen molar-refractivity contribution in [2.24, 2.45) is 0 Å². The smallest absolute Gasteiger partial charge is 0.165 e. The highest BCUT2D eigenvalue weighted by Crippen LogP contribution is 2.50. The van der Waals surface area contributed by atoms with Gasteiger partial charge in [0.2, 0.25) is 0 Å². The van der Waals surface area contributed by atoms with E-state index in [4.69, 9.17) is 48.7 Å². The molecule has 0 N–H and O–H groups in total. The quantitative estimate of drug-likeness (QED) is 0.123. The third-order valence-electron chi connectivity index (χ3n) is 25.4. The Bertz CT molecular complexity index is 9310. The Balaban J connectivity index is 0.000000107. The van der Waals surface area contributed by atoms with Crippen LogP contribution in [0, 0.1) is 0 Å². The van der Waals surface area contributed by atoms with Crippen LogP contribution in [0.25, 0.3) is 264 Å². The zero-order valence-corrected chi connectivity index (χ0v) is 72.3. The van der Waals surface area contributed by atoms with Crippen LogP contribution in [0.2, 0.25) is 0 Å². The average molecular weight is 1720 g/mol. The lowest BCUT2D eigenvalue weighted by molar-refractivity contribution is 0.669. The molecule has 27 rings (SSSR count). The van der Waals surface area contributed by atoms with Gasteiger partial charge in [0, 0.05) is 91.8 Å². The van der Waals surface area contributed by atoms with Gasteiger partial charge in [-0.1, -0.05) is 382 Å². The first-order valence-electron chi connectivity index (χ1n) is 44.6. The van der Waals surface area contributed by atoms with Gasteiger partial charge in [0.15, 0.2) is 34.9 Å². The molecule has 0 saturated heterocycles. The van der Waals surface area contributed by atoms with Crippen molar-refractivity contribution in [1.82, 2.24) is 39.9 Å². The van der Waals surface area contributed by atoms with Crippen LogP contribution >= 0.6 is 11.3 Å². The summed E-state index contributed by atoms with van der Waals surface area (Å²) >= 11 is 1.85. The molecule has 0 fully saturated rings. The second kappa shape index (κ2) is 32.9. The monoisotopic (exact) mass is 1710 g/mol. The van der Waals surface area contributed by atoms with E-state index in [9.17, 15) is 0 Å². The minimum atomic E-state index is 0.620. The highest BCUT2D eigenvalue weighted by molar-refractivity contribution is 7.26. The Kier molecular flexibility index (Phi) is 19.2. The molecule has 0 atom stereocenters. The highest BCUT2D eigenvalue weighted by atomic mass is 32.1. The molecule has 0 radical (unpaired) electrons. The zero-order chi connectivity index (χ0) is 87.8. The number of benzene rings is 21. The molecule has 133 heavy (non-hydrogen) atoms. The van der Waals surface area contributed by atoms with Crippen molar-refractivity contribution >= 4 is 151 Å². The largest absolute Gasteiger partial charge is 0.456 e. The summed E-state index contributed by atoms with van der Waals surface area (Å²) in [5.74, 6) is 3.83. The minimum Gasteiger partial charge on any atom is -0.456 e. The van der Waals surface area contributed by atoms with Crippen LogP contribution in [-0.2, 0) is 0 Å². The molecule has 11 heteroatoms. The molecular weight excluding hydrogens is 1640 g/mol. The molecule has 620 valence electrons. The molecular formula is C122H74N8O2S. The van der Waals surface area contributed by atoms with Crippen LogP contribution in [0.3, 0.4) is 0 Å². The van der Waals surface area contributed by atoms with Crippen molar-refractivity contribution in [3.8, 4) is 124 Å². The van der Waals surface area contributed by atoms with Gasteiger partial charge in [0.1, 0.15) is 22.3 Å². The fourth-order valence-electron chi connectivity index (χ4n) is 19.3. The number of hydrogen-bond donors (Lipinski definition) is 0. The van der Waals surface area contributed by atoms with Gasteiger partial charge in [-0.3, -0.25) is 0 Å². The molecule has 0 amide bonds.